The number of hydroxylamine groups is 2. The molecule has 0 aliphatic carbocycles. The number of ether oxygens (including phenoxy) is 1. The second-order valence-electron chi connectivity index (χ2n) is 4.00. The highest BCUT2D eigenvalue weighted by molar-refractivity contribution is 5.33. The lowest BCUT2D eigenvalue weighted by Crippen LogP contribution is -2.39. The number of non-ortho nitro benzene ring substituents is 1. The van der Waals surface area contributed by atoms with Gasteiger partial charge in [0.05, 0.1) is 17.6 Å². The molecule has 17 heavy (non-hydrogen) atoms. The van der Waals surface area contributed by atoms with Crippen LogP contribution in [0, 0.1) is 10.1 Å². The van der Waals surface area contributed by atoms with E-state index in [0.29, 0.717) is 6.61 Å². The molecule has 0 bridgehead atoms. The molecular weight excluding hydrogens is 224 g/mol. The van der Waals surface area contributed by atoms with E-state index in [1.54, 1.807) is 24.2 Å². The maximum Gasteiger partial charge on any atom is 0.269 e. The van der Waals surface area contributed by atoms with Crippen molar-refractivity contribution in [2.24, 2.45) is 0 Å². The maximum absolute atomic E-state index is 10.5. The Morgan fingerprint density at radius 2 is 2.06 bits per heavy atom. The van der Waals surface area contributed by atoms with Gasteiger partial charge in [-0.1, -0.05) is 0 Å². The van der Waals surface area contributed by atoms with Crippen LogP contribution in [0.25, 0.3) is 0 Å². The molecule has 92 valence electrons. The first-order chi connectivity index (χ1) is 8.08. The fourth-order valence-corrected chi connectivity index (χ4v) is 1.77. The molecule has 1 aliphatic rings. The lowest BCUT2D eigenvalue weighted by atomic mass is 10.1. The average Bonchev–Trinajstić information content (AvgIpc) is 2.29. The van der Waals surface area contributed by atoms with Gasteiger partial charge in [-0.15, -0.1) is 0 Å². The van der Waals surface area contributed by atoms with Crippen LogP contribution in [0.5, 0.6) is 0 Å². The van der Waals surface area contributed by atoms with Crippen LogP contribution in [0.15, 0.2) is 24.3 Å². The van der Waals surface area contributed by atoms with Gasteiger partial charge < -0.3 is 4.74 Å². The summed E-state index contributed by atoms with van der Waals surface area (Å²) in [5.74, 6) is 0. The molecule has 1 heterocycles. The van der Waals surface area contributed by atoms with Crippen LogP contribution in [0.2, 0.25) is 0 Å². The largest absolute Gasteiger partial charge is 0.354 e. The first kappa shape index (κ1) is 12.0. The minimum absolute atomic E-state index is 0.0225. The molecule has 2 rings (SSSR count). The first-order valence-electron chi connectivity index (χ1n) is 5.33. The zero-order valence-electron chi connectivity index (χ0n) is 9.70. The number of hydrogen-bond donors (Lipinski definition) is 0. The summed E-state index contributed by atoms with van der Waals surface area (Å²) < 4.78 is 5.62. The SMILES string of the molecule is CC1COC(c2ccc([N+](=O)[O-])cc2)N(C)O1. The Morgan fingerprint density at radius 3 is 2.59 bits per heavy atom. The van der Waals surface area contributed by atoms with E-state index < -0.39 is 4.92 Å². The Kier molecular flexibility index (Phi) is 3.37. The number of nitro groups is 1. The highest BCUT2D eigenvalue weighted by Crippen LogP contribution is 2.27. The summed E-state index contributed by atoms with van der Waals surface area (Å²) in [5.41, 5.74) is 0.909. The van der Waals surface area contributed by atoms with Gasteiger partial charge in [0.2, 0.25) is 0 Å². The van der Waals surface area contributed by atoms with Crippen LogP contribution in [-0.4, -0.2) is 29.7 Å². The molecule has 1 aliphatic heterocycles. The van der Waals surface area contributed by atoms with E-state index in [0.717, 1.165) is 5.56 Å². The normalized spacial score (nSPS) is 25.8. The van der Waals surface area contributed by atoms with Crippen molar-refractivity contribution >= 4 is 5.69 Å². The third kappa shape index (κ3) is 2.60. The van der Waals surface area contributed by atoms with Crippen LogP contribution in [0.3, 0.4) is 0 Å². The van der Waals surface area contributed by atoms with Crippen LogP contribution in [0.4, 0.5) is 5.69 Å². The van der Waals surface area contributed by atoms with Gasteiger partial charge in [-0.25, -0.2) is 0 Å². The number of benzene rings is 1. The van der Waals surface area contributed by atoms with Crippen molar-refractivity contribution in [1.82, 2.24) is 5.06 Å². The summed E-state index contributed by atoms with van der Waals surface area (Å²) in [4.78, 5) is 15.6. The summed E-state index contributed by atoms with van der Waals surface area (Å²) in [6, 6.07) is 6.28. The lowest BCUT2D eigenvalue weighted by Gasteiger charge is -2.35. The van der Waals surface area contributed by atoms with Crippen molar-refractivity contribution in [2.75, 3.05) is 13.7 Å². The molecule has 0 saturated carbocycles. The summed E-state index contributed by atoms with van der Waals surface area (Å²) in [5, 5.41) is 12.2. The van der Waals surface area contributed by atoms with Crippen LogP contribution >= 0.6 is 0 Å². The molecule has 1 aromatic carbocycles. The minimum atomic E-state index is -0.423. The molecule has 2 unspecified atom stereocenters. The summed E-state index contributed by atoms with van der Waals surface area (Å²) >= 11 is 0. The summed E-state index contributed by atoms with van der Waals surface area (Å²) in [6.45, 7) is 2.43. The molecule has 1 fully saturated rings. The van der Waals surface area contributed by atoms with Crippen LogP contribution in [-0.2, 0) is 9.57 Å². The van der Waals surface area contributed by atoms with E-state index in [-0.39, 0.29) is 18.0 Å². The minimum Gasteiger partial charge on any atom is -0.354 e. The molecule has 0 amide bonds. The average molecular weight is 238 g/mol. The van der Waals surface area contributed by atoms with Crippen molar-refractivity contribution in [3.05, 3.63) is 39.9 Å². The smallest absolute Gasteiger partial charge is 0.269 e. The van der Waals surface area contributed by atoms with Gasteiger partial charge in [-0.2, -0.15) is 5.06 Å². The molecule has 2 atom stereocenters. The van der Waals surface area contributed by atoms with Crippen LogP contribution < -0.4 is 0 Å². The van der Waals surface area contributed by atoms with Gasteiger partial charge in [0, 0.05) is 19.2 Å². The molecular formula is C11H14N2O4. The molecule has 1 aromatic rings. The second kappa shape index (κ2) is 4.79. The first-order valence-corrected chi connectivity index (χ1v) is 5.33. The zero-order valence-corrected chi connectivity index (χ0v) is 9.70. The lowest BCUT2D eigenvalue weighted by molar-refractivity contribution is -0.384. The maximum atomic E-state index is 10.5. The Balaban J connectivity index is 2.14. The Labute approximate surface area is 98.8 Å². The Hall–Kier alpha value is -1.50. The predicted octanol–water partition coefficient (Wildman–Crippen LogP) is 1.88. The monoisotopic (exact) mass is 238 g/mol. The van der Waals surface area contributed by atoms with Gasteiger partial charge in [0.25, 0.3) is 5.69 Å². The van der Waals surface area contributed by atoms with Gasteiger partial charge in [-0.3, -0.25) is 15.0 Å². The van der Waals surface area contributed by atoms with Gasteiger partial charge in [0.1, 0.15) is 0 Å². The third-order valence-corrected chi connectivity index (χ3v) is 2.55. The van der Waals surface area contributed by atoms with Crippen molar-refractivity contribution < 1.29 is 14.5 Å². The number of hydrogen-bond acceptors (Lipinski definition) is 5. The molecule has 0 aromatic heterocycles. The van der Waals surface area contributed by atoms with Crippen LogP contribution in [0.1, 0.15) is 18.7 Å². The van der Waals surface area contributed by atoms with Crippen molar-refractivity contribution in [3.8, 4) is 0 Å². The fraction of sp³-hybridized carbons (Fsp3) is 0.455. The van der Waals surface area contributed by atoms with E-state index in [4.69, 9.17) is 9.57 Å². The van der Waals surface area contributed by atoms with Gasteiger partial charge in [-0.05, 0) is 24.6 Å². The van der Waals surface area contributed by atoms with Crippen molar-refractivity contribution in [1.29, 1.82) is 0 Å². The number of rotatable bonds is 2. The molecule has 0 N–H and O–H groups in total. The van der Waals surface area contributed by atoms with Gasteiger partial charge in [0.15, 0.2) is 6.23 Å². The van der Waals surface area contributed by atoms with E-state index in [1.807, 2.05) is 6.92 Å². The standard InChI is InChI=1S/C11H14N2O4/c1-8-7-16-11(12(2)17-8)9-3-5-10(6-4-9)13(14)15/h3-6,8,11H,7H2,1-2H3. The summed E-state index contributed by atoms with van der Waals surface area (Å²) in [6.07, 6.45) is -0.290. The second-order valence-corrected chi connectivity index (χ2v) is 4.00. The predicted molar refractivity (Wildman–Crippen MR) is 60.1 cm³/mol. The highest BCUT2D eigenvalue weighted by atomic mass is 16.7. The quantitative estimate of drug-likeness (QED) is 0.581. The van der Waals surface area contributed by atoms with Gasteiger partial charge >= 0.3 is 0 Å². The molecule has 1 saturated heterocycles. The molecule has 6 nitrogen and oxygen atoms in total. The van der Waals surface area contributed by atoms with Crippen molar-refractivity contribution in [3.63, 3.8) is 0 Å². The molecule has 0 radical (unpaired) electrons. The molecule has 6 heteroatoms. The number of nitro benzene ring substituents is 1. The van der Waals surface area contributed by atoms with E-state index in [9.17, 15) is 10.1 Å². The highest BCUT2D eigenvalue weighted by Gasteiger charge is 2.26. The zero-order chi connectivity index (χ0) is 12.4. The fourth-order valence-electron chi connectivity index (χ4n) is 1.77. The van der Waals surface area contributed by atoms with E-state index in [2.05, 4.69) is 0 Å². The molecule has 0 spiro atoms. The van der Waals surface area contributed by atoms with E-state index in [1.165, 1.54) is 12.1 Å². The topological polar surface area (TPSA) is 64.8 Å². The van der Waals surface area contributed by atoms with E-state index >= 15 is 0 Å². The Morgan fingerprint density at radius 1 is 1.41 bits per heavy atom. The number of nitrogens with zero attached hydrogens (tertiary/aromatic N) is 2. The summed E-state index contributed by atoms with van der Waals surface area (Å²) in [7, 11) is 1.78. The van der Waals surface area contributed by atoms with Crippen molar-refractivity contribution in [2.45, 2.75) is 19.3 Å². The Bertz CT molecular complexity index is 406. The third-order valence-electron chi connectivity index (χ3n) is 2.55.